The molecule has 0 saturated carbocycles. The molecule has 0 atom stereocenters. The van der Waals surface area contributed by atoms with Gasteiger partial charge in [0.25, 0.3) is 0 Å². The lowest BCUT2D eigenvalue weighted by Gasteiger charge is -2.12. The number of Topliss-reactive ketones (excluding diaryl/α,β-unsaturated/α-hetero) is 1. The van der Waals surface area contributed by atoms with E-state index in [2.05, 4.69) is 0 Å². The summed E-state index contributed by atoms with van der Waals surface area (Å²) in [5, 5.41) is 0. The van der Waals surface area contributed by atoms with Crippen LogP contribution in [0.3, 0.4) is 0 Å². The molecule has 0 unspecified atom stereocenters. The van der Waals surface area contributed by atoms with E-state index in [0.717, 1.165) is 11.3 Å². The number of nitrogens with zero attached hydrogens (tertiary/aromatic N) is 1. The minimum Gasteiger partial charge on any atom is -0.378 e. The second-order valence-electron chi connectivity index (χ2n) is 3.30. The number of hydrogen-bond donors (Lipinski definition) is 0. The number of hydrogen-bond acceptors (Lipinski definition) is 2. The smallest absolute Gasteiger partial charge is 0.164 e. The quantitative estimate of drug-likeness (QED) is 0.564. The van der Waals surface area contributed by atoms with Crippen LogP contribution >= 0.6 is 11.6 Å². The van der Waals surface area contributed by atoms with Gasteiger partial charge in [-0.1, -0.05) is 0 Å². The standard InChI is InChI=1S/C11H14ClNO/c1-13(2)10-5-3-9(4-6-10)11(14)7-8-12/h3-6H,7-8H2,1-2H3. The third-order valence-corrected chi connectivity index (χ3v) is 2.22. The molecule has 3 heteroatoms. The predicted octanol–water partition coefficient (Wildman–Crippen LogP) is 2.56. The molecule has 0 fully saturated rings. The summed E-state index contributed by atoms with van der Waals surface area (Å²) in [6.45, 7) is 0. The van der Waals surface area contributed by atoms with Crippen molar-refractivity contribution in [2.24, 2.45) is 0 Å². The predicted molar refractivity (Wildman–Crippen MR) is 60.4 cm³/mol. The highest BCUT2D eigenvalue weighted by atomic mass is 35.5. The molecule has 0 bridgehead atoms. The summed E-state index contributed by atoms with van der Waals surface area (Å²) in [6.07, 6.45) is 0.406. The van der Waals surface area contributed by atoms with Crippen molar-refractivity contribution >= 4 is 23.1 Å². The van der Waals surface area contributed by atoms with Crippen molar-refractivity contribution < 1.29 is 4.79 Å². The number of alkyl halides is 1. The Bertz CT molecular complexity index is 306. The minimum atomic E-state index is 0.102. The molecule has 0 saturated heterocycles. The Morgan fingerprint density at radius 2 is 1.86 bits per heavy atom. The van der Waals surface area contributed by atoms with Gasteiger partial charge in [-0.2, -0.15) is 0 Å². The van der Waals surface area contributed by atoms with Crippen LogP contribution in [0.25, 0.3) is 0 Å². The van der Waals surface area contributed by atoms with Crippen molar-refractivity contribution in [3.05, 3.63) is 29.8 Å². The van der Waals surface area contributed by atoms with E-state index in [9.17, 15) is 4.79 Å². The molecule has 0 heterocycles. The van der Waals surface area contributed by atoms with Gasteiger partial charge in [0, 0.05) is 37.6 Å². The van der Waals surface area contributed by atoms with Crippen molar-refractivity contribution in [2.45, 2.75) is 6.42 Å². The monoisotopic (exact) mass is 211 g/mol. The molecule has 0 aliphatic heterocycles. The van der Waals surface area contributed by atoms with E-state index in [-0.39, 0.29) is 5.78 Å². The van der Waals surface area contributed by atoms with Crippen LogP contribution in [0, 0.1) is 0 Å². The highest BCUT2D eigenvalue weighted by Gasteiger charge is 2.04. The van der Waals surface area contributed by atoms with Crippen molar-refractivity contribution in [1.29, 1.82) is 0 Å². The average molecular weight is 212 g/mol. The van der Waals surface area contributed by atoms with E-state index in [1.807, 2.05) is 43.3 Å². The average Bonchev–Trinajstić information content (AvgIpc) is 2.18. The molecule has 0 aromatic heterocycles. The molecular weight excluding hydrogens is 198 g/mol. The number of carbonyl (C=O) groups excluding carboxylic acids is 1. The van der Waals surface area contributed by atoms with Crippen LogP contribution in [0.2, 0.25) is 0 Å². The second-order valence-corrected chi connectivity index (χ2v) is 3.68. The first kappa shape index (κ1) is 11.1. The van der Waals surface area contributed by atoms with Gasteiger partial charge in [0.2, 0.25) is 0 Å². The summed E-state index contributed by atoms with van der Waals surface area (Å²) < 4.78 is 0. The first-order valence-corrected chi connectivity index (χ1v) is 5.05. The Labute approximate surface area is 89.5 Å². The van der Waals surface area contributed by atoms with Crippen LogP contribution in [0.15, 0.2) is 24.3 Å². The third-order valence-electron chi connectivity index (χ3n) is 2.03. The van der Waals surface area contributed by atoms with Crippen molar-refractivity contribution in [1.82, 2.24) is 0 Å². The fourth-order valence-corrected chi connectivity index (χ4v) is 1.35. The Hall–Kier alpha value is -1.02. The summed E-state index contributed by atoms with van der Waals surface area (Å²) in [5.41, 5.74) is 1.82. The van der Waals surface area contributed by atoms with Gasteiger partial charge in [-0.25, -0.2) is 0 Å². The summed E-state index contributed by atoms with van der Waals surface area (Å²) in [7, 11) is 3.94. The first-order chi connectivity index (χ1) is 6.65. The van der Waals surface area contributed by atoms with Crippen molar-refractivity contribution in [3.63, 3.8) is 0 Å². The minimum absolute atomic E-state index is 0.102. The Kier molecular flexibility index (Phi) is 3.96. The van der Waals surface area contributed by atoms with Crippen LogP contribution in [-0.2, 0) is 0 Å². The zero-order valence-electron chi connectivity index (χ0n) is 8.46. The molecule has 2 nitrogen and oxygen atoms in total. The van der Waals surface area contributed by atoms with E-state index in [0.29, 0.717) is 12.3 Å². The van der Waals surface area contributed by atoms with Crippen molar-refractivity contribution in [3.8, 4) is 0 Å². The maximum absolute atomic E-state index is 11.4. The van der Waals surface area contributed by atoms with Gasteiger partial charge < -0.3 is 4.90 Å². The van der Waals surface area contributed by atoms with Gasteiger partial charge in [-0.15, -0.1) is 11.6 Å². The first-order valence-electron chi connectivity index (χ1n) is 4.51. The Balaban J connectivity index is 2.78. The normalized spacial score (nSPS) is 9.93. The number of halogens is 1. The van der Waals surface area contributed by atoms with E-state index in [4.69, 9.17) is 11.6 Å². The van der Waals surface area contributed by atoms with Gasteiger partial charge in [0.05, 0.1) is 0 Å². The number of ketones is 1. The number of anilines is 1. The maximum atomic E-state index is 11.4. The highest BCUT2D eigenvalue weighted by Crippen LogP contribution is 2.13. The molecule has 0 spiro atoms. The summed E-state index contributed by atoms with van der Waals surface area (Å²) >= 11 is 5.50. The largest absolute Gasteiger partial charge is 0.378 e. The van der Waals surface area contributed by atoms with Crippen LogP contribution < -0.4 is 4.90 Å². The van der Waals surface area contributed by atoms with E-state index >= 15 is 0 Å². The lowest BCUT2D eigenvalue weighted by Crippen LogP contribution is -2.08. The zero-order chi connectivity index (χ0) is 10.6. The number of rotatable bonds is 4. The second kappa shape index (κ2) is 5.01. The van der Waals surface area contributed by atoms with Gasteiger partial charge in [-0.3, -0.25) is 4.79 Å². The molecule has 0 aliphatic rings. The van der Waals surface area contributed by atoms with Crippen LogP contribution in [-0.4, -0.2) is 25.8 Å². The Morgan fingerprint density at radius 1 is 1.29 bits per heavy atom. The van der Waals surface area contributed by atoms with Gasteiger partial charge >= 0.3 is 0 Å². The number of benzene rings is 1. The fraction of sp³-hybridized carbons (Fsp3) is 0.364. The van der Waals surface area contributed by atoms with Crippen LogP contribution in [0.5, 0.6) is 0 Å². The molecule has 0 N–H and O–H groups in total. The molecule has 0 radical (unpaired) electrons. The van der Waals surface area contributed by atoms with Crippen LogP contribution in [0.1, 0.15) is 16.8 Å². The number of carbonyl (C=O) groups is 1. The molecule has 76 valence electrons. The zero-order valence-corrected chi connectivity index (χ0v) is 9.21. The summed E-state index contributed by atoms with van der Waals surface area (Å²) in [5.74, 6) is 0.485. The SMILES string of the molecule is CN(C)c1ccc(C(=O)CCCl)cc1. The fourth-order valence-electron chi connectivity index (χ4n) is 1.18. The van der Waals surface area contributed by atoms with E-state index in [1.165, 1.54) is 0 Å². The van der Waals surface area contributed by atoms with Gasteiger partial charge in [0.1, 0.15) is 0 Å². The highest BCUT2D eigenvalue weighted by molar-refractivity contribution is 6.19. The van der Waals surface area contributed by atoms with Gasteiger partial charge in [-0.05, 0) is 24.3 Å². The summed E-state index contributed by atoms with van der Waals surface area (Å²) in [4.78, 5) is 13.4. The Morgan fingerprint density at radius 3 is 2.29 bits per heavy atom. The van der Waals surface area contributed by atoms with Crippen LogP contribution in [0.4, 0.5) is 5.69 Å². The van der Waals surface area contributed by atoms with E-state index in [1.54, 1.807) is 0 Å². The lowest BCUT2D eigenvalue weighted by molar-refractivity contribution is 0.0989. The third kappa shape index (κ3) is 2.74. The topological polar surface area (TPSA) is 20.3 Å². The molecule has 1 rings (SSSR count). The maximum Gasteiger partial charge on any atom is 0.164 e. The summed E-state index contributed by atoms with van der Waals surface area (Å²) in [6, 6.07) is 7.54. The molecule has 0 amide bonds. The lowest BCUT2D eigenvalue weighted by atomic mass is 10.1. The van der Waals surface area contributed by atoms with Crippen molar-refractivity contribution in [2.75, 3.05) is 24.9 Å². The molecule has 14 heavy (non-hydrogen) atoms. The molecular formula is C11H14ClNO. The molecule has 1 aromatic carbocycles. The molecule has 0 aliphatic carbocycles. The van der Waals surface area contributed by atoms with Gasteiger partial charge in [0.15, 0.2) is 5.78 Å². The van der Waals surface area contributed by atoms with E-state index < -0.39 is 0 Å². The molecule has 1 aromatic rings.